The van der Waals surface area contributed by atoms with Gasteiger partial charge in [0.2, 0.25) is 0 Å². The van der Waals surface area contributed by atoms with Crippen molar-refractivity contribution in [1.29, 1.82) is 0 Å². The van der Waals surface area contributed by atoms with Crippen molar-refractivity contribution in [2.24, 2.45) is 0 Å². The summed E-state index contributed by atoms with van der Waals surface area (Å²) in [5.74, 6) is 0.321. The molecule has 3 aromatic rings. The van der Waals surface area contributed by atoms with Crippen molar-refractivity contribution in [2.45, 2.75) is 12.8 Å². The second-order valence-electron chi connectivity index (χ2n) is 5.75. The predicted molar refractivity (Wildman–Crippen MR) is 90.5 cm³/mol. The van der Waals surface area contributed by atoms with E-state index in [0.29, 0.717) is 11.5 Å². The number of benzene rings is 1. The number of hydrogen-bond donors (Lipinski definition) is 1. The van der Waals surface area contributed by atoms with Gasteiger partial charge >= 0.3 is 5.97 Å². The topological polar surface area (TPSA) is 66.3 Å². The molecule has 0 spiro atoms. The van der Waals surface area contributed by atoms with Gasteiger partial charge in [0.05, 0.1) is 11.3 Å². The van der Waals surface area contributed by atoms with Crippen LogP contribution in [0.15, 0.2) is 35.7 Å². The third-order valence-corrected chi connectivity index (χ3v) is 5.02. The van der Waals surface area contributed by atoms with E-state index in [2.05, 4.69) is 26.3 Å². The van der Waals surface area contributed by atoms with Crippen LogP contribution in [0.2, 0.25) is 0 Å². The van der Waals surface area contributed by atoms with E-state index in [1.807, 2.05) is 19.1 Å². The van der Waals surface area contributed by atoms with Gasteiger partial charge in [0.25, 0.3) is 0 Å². The molecule has 0 amide bonds. The zero-order valence-corrected chi connectivity index (χ0v) is 13.4. The molecule has 1 aliphatic heterocycles. The Morgan fingerprint density at radius 1 is 1.22 bits per heavy atom. The number of aryl methyl sites for hydroxylation is 1. The van der Waals surface area contributed by atoms with Crippen molar-refractivity contribution < 1.29 is 9.90 Å². The molecule has 3 heterocycles. The molecule has 1 aromatic carbocycles. The highest BCUT2D eigenvalue weighted by molar-refractivity contribution is 7.16. The van der Waals surface area contributed by atoms with Crippen LogP contribution in [-0.4, -0.2) is 34.1 Å². The first kappa shape index (κ1) is 14.1. The van der Waals surface area contributed by atoms with Crippen LogP contribution in [0.4, 0.5) is 5.69 Å². The van der Waals surface area contributed by atoms with E-state index >= 15 is 0 Å². The molecule has 0 bridgehead atoms. The van der Waals surface area contributed by atoms with Crippen molar-refractivity contribution in [2.75, 3.05) is 18.0 Å². The molecule has 0 unspecified atom stereocenters. The lowest BCUT2D eigenvalue weighted by atomic mass is 9.93. The number of carboxylic acids is 1. The number of carboxylic acid groups (broad SMARTS) is 1. The number of nitrogens with zero attached hydrogens (tertiary/aromatic N) is 3. The van der Waals surface area contributed by atoms with Crippen LogP contribution >= 0.6 is 11.3 Å². The second kappa shape index (κ2) is 5.31. The highest BCUT2D eigenvalue weighted by Crippen LogP contribution is 2.35. The van der Waals surface area contributed by atoms with Crippen molar-refractivity contribution >= 4 is 33.2 Å². The number of aromatic nitrogens is 2. The predicted octanol–water partition coefficient (Wildman–Crippen LogP) is 3.30. The van der Waals surface area contributed by atoms with Gasteiger partial charge in [-0.3, -0.25) is 0 Å². The third kappa shape index (κ3) is 2.45. The van der Waals surface area contributed by atoms with Crippen molar-refractivity contribution in [1.82, 2.24) is 9.97 Å². The lowest BCUT2D eigenvalue weighted by Gasteiger charge is -2.41. The Bertz CT molecular complexity index is 882. The maximum absolute atomic E-state index is 10.9. The quantitative estimate of drug-likeness (QED) is 0.800. The van der Waals surface area contributed by atoms with E-state index in [0.717, 1.165) is 40.5 Å². The molecule has 0 saturated carbocycles. The number of aromatic carboxylic acids is 1. The van der Waals surface area contributed by atoms with E-state index in [4.69, 9.17) is 5.11 Å². The Labute approximate surface area is 137 Å². The molecule has 116 valence electrons. The fourth-order valence-corrected chi connectivity index (χ4v) is 3.80. The molecule has 1 saturated heterocycles. The molecule has 0 atom stereocenters. The van der Waals surface area contributed by atoms with Gasteiger partial charge in [-0.15, -0.1) is 11.3 Å². The number of fused-ring (bicyclic) bond motifs is 1. The third-order valence-electron chi connectivity index (χ3n) is 4.21. The molecule has 0 aliphatic carbocycles. The Morgan fingerprint density at radius 2 is 1.96 bits per heavy atom. The van der Waals surface area contributed by atoms with Gasteiger partial charge in [-0.05, 0) is 42.6 Å². The lowest BCUT2D eigenvalue weighted by molar-refractivity contribution is 0.0697. The van der Waals surface area contributed by atoms with Crippen LogP contribution in [0.5, 0.6) is 0 Å². The summed E-state index contributed by atoms with van der Waals surface area (Å²) in [5, 5.41) is 12.2. The summed E-state index contributed by atoms with van der Waals surface area (Å²) in [6, 6.07) is 9.13. The standard InChI is InChI=1S/C17H15N3O2S/c1-10-18-15(14-6-7-23-16(14)19-10)12-8-20(9-12)13-4-2-11(3-5-13)17(21)22/h2-7,12H,8-9H2,1H3,(H,21,22). The monoisotopic (exact) mass is 325 g/mol. The van der Waals surface area contributed by atoms with Gasteiger partial charge in [-0.1, -0.05) is 0 Å². The second-order valence-corrected chi connectivity index (χ2v) is 6.64. The van der Waals surface area contributed by atoms with E-state index in [-0.39, 0.29) is 0 Å². The molecule has 2 aromatic heterocycles. The molecular weight excluding hydrogens is 310 g/mol. The Balaban J connectivity index is 1.54. The van der Waals surface area contributed by atoms with Crippen molar-refractivity contribution in [3.63, 3.8) is 0 Å². The van der Waals surface area contributed by atoms with E-state index in [1.54, 1.807) is 23.5 Å². The van der Waals surface area contributed by atoms with Gasteiger partial charge < -0.3 is 10.0 Å². The molecular formula is C17H15N3O2S. The summed E-state index contributed by atoms with van der Waals surface area (Å²) in [6.45, 7) is 3.73. The molecule has 23 heavy (non-hydrogen) atoms. The molecule has 4 rings (SSSR count). The number of anilines is 1. The van der Waals surface area contributed by atoms with Crippen molar-refractivity contribution in [3.05, 3.63) is 52.8 Å². The van der Waals surface area contributed by atoms with Crippen LogP contribution in [0.1, 0.15) is 27.8 Å². The van der Waals surface area contributed by atoms with Crippen LogP contribution < -0.4 is 4.90 Å². The first-order chi connectivity index (χ1) is 11.1. The minimum atomic E-state index is -0.894. The molecule has 5 nitrogen and oxygen atoms in total. The number of carbonyl (C=O) groups is 1. The van der Waals surface area contributed by atoms with Gasteiger partial charge in [0.15, 0.2) is 0 Å². The van der Waals surface area contributed by atoms with Crippen molar-refractivity contribution in [3.8, 4) is 0 Å². The molecule has 6 heteroatoms. The Hall–Kier alpha value is -2.47. The molecule has 1 fully saturated rings. The number of thiophene rings is 1. The normalized spacial score (nSPS) is 14.9. The highest BCUT2D eigenvalue weighted by atomic mass is 32.1. The summed E-state index contributed by atoms with van der Waals surface area (Å²) in [5.41, 5.74) is 2.50. The minimum Gasteiger partial charge on any atom is -0.478 e. The van der Waals surface area contributed by atoms with E-state index in [9.17, 15) is 4.79 Å². The maximum Gasteiger partial charge on any atom is 0.335 e. The fourth-order valence-electron chi connectivity index (χ4n) is 2.98. The van der Waals surface area contributed by atoms with Crippen LogP contribution in [0.3, 0.4) is 0 Å². The maximum atomic E-state index is 10.9. The highest BCUT2D eigenvalue weighted by Gasteiger charge is 2.31. The zero-order valence-electron chi connectivity index (χ0n) is 12.6. The first-order valence-corrected chi connectivity index (χ1v) is 8.30. The summed E-state index contributed by atoms with van der Waals surface area (Å²) in [6.07, 6.45) is 0. The summed E-state index contributed by atoms with van der Waals surface area (Å²) < 4.78 is 0. The minimum absolute atomic E-state index is 0.317. The average Bonchev–Trinajstić information content (AvgIpc) is 2.94. The molecule has 0 radical (unpaired) electrons. The Kier molecular flexibility index (Phi) is 3.27. The zero-order chi connectivity index (χ0) is 16.0. The van der Waals surface area contributed by atoms with E-state index < -0.39 is 5.97 Å². The van der Waals surface area contributed by atoms with E-state index in [1.165, 1.54) is 0 Å². The first-order valence-electron chi connectivity index (χ1n) is 7.42. The fraction of sp³-hybridized carbons (Fsp3) is 0.235. The number of rotatable bonds is 3. The summed E-state index contributed by atoms with van der Waals surface area (Å²) in [4.78, 5) is 23.3. The average molecular weight is 325 g/mol. The summed E-state index contributed by atoms with van der Waals surface area (Å²) >= 11 is 1.65. The van der Waals surface area contributed by atoms with Gasteiger partial charge in [-0.25, -0.2) is 14.8 Å². The van der Waals surface area contributed by atoms with Gasteiger partial charge in [0, 0.05) is 30.1 Å². The molecule has 1 N–H and O–H groups in total. The largest absolute Gasteiger partial charge is 0.478 e. The smallest absolute Gasteiger partial charge is 0.335 e. The Morgan fingerprint density at radius 3 is 2.65 bits per heavy atom. The van der Waals surface area contributed by atoms with Crippen LogP contribution in [-0.2, 0) is 0 Å². The van der Waals surface area contributed by atoms with Crippen LogP contribution in [0.25, 0.3) is 10.2 Å². The molecule has 1 aliphatic rings. The summed E-state index contributed by atoms with van der Waals surface area (Å²) in [7, 11) is 0. The van der Waals surface area contributed by atoms with Crippen LogP contribution in [0, 0.1) is 6.92 Å². The van der Waals surface area contributed by atoms with Gasteiger partial charge in [0.1, 0.15) is 10.7 Å². The number of hydrogen-bond acceptors (Lipinski definition) is 5. The SMILES string of the molecule is Cc1nc(C2CN(c3ccc(C(=O)O)cc3)C2)c2ccsc2n1. The van der Waals surface area contributed by atoms with Gasteiger partial charge in [-0.2, -0.15) is 0 Å². The lowest BCUT2D eigenvalue weighted by Crippen LogP contribution is -2.45.